The normalized spacial score (nSPS) is 17.2. The lowest BCUT2D eigenvalue weighted by Gasteiger charge is -2.37. The first-order valence-corrected chi connectivity index (χ1v) is 9.00. The molecule has 0 unspecified atom stereocenters. The summed E-state index contributed by atoms with van der Waals surface area (Å²) in [5, 5.41) is 3.00. The molecule has 1 N–H and O–H groups in total. The van der Waals surface area contributed by atoms with Gasteiger partial charge in [0.15, 0.2) is 0 Å². The average Bonchev–Trinajstić information content (AvgIpc) is 2.64. The Morgan fingerprint density at radius 2 is 1.64 bits per heavy atom. The second-order valence-corrected chi connectivity index (χ2v) is 6.77. The summed E-state index contributed by atoms with van der Waals surface area (Å²) in [4.78, 5) is 17.2. The Labute approximate surface area is 150 Å². The maximum atomic E-state index is 12.5. The molecule has 1 amide bonds. The molecule has 1 aliphatic heterocycles. The van der Waals surface area contributed by atoms with Gasteiger partial charge >= 0.3 is 0 Å². The van der Waals surface area contributed by atoms with Crippen molar-refractivity contribution < 1.29 is 4.79 Å². The van der Waals surface area contributed by atoms with E-state index in [2.05, 4.69) is 46.3 Å². The molecule has 25 heavy (non-hydrogen) atoms. The number of amides is 1. The molecule has 1 saturated heterocycles. The van der Waals surface area contributed by atoms with Gasteiger partial charge in [-0.3, -0.25) is 14.6 Å². The van der Waals surface area contributed by atoms with Crippen molar-refractivity contribution in [2.45, 2.75) is 26.4 Å². The molecular formula is C21H27N3O. The number of rotatable bonds is 5. The summed E-state index contributed by atoms with van der Waals surface area (Å²) >= 11 is 0. The molecule has 1 atom stereocenters. The fourth-order valence-electron chi connectivity index (χ4n) is 3.27. The second kappa shape index (κ2) is 8.28. The summed E-state index contributed by atoms with van der Waals surface area (Å²) < 4.78 is 0. The molecule has 0 aromatic heterocycles. The van der Waals surface area contributed by atoms with Crippen molar-refractivity contribution in [3.05, 3.63) is 65.7 Å². The summed E-state index contributed by atoms with van der Waals surface area (Å²) in [6.45, 7) is 9.00. The molecule has 132 valence electrons. The van der Waals surface area contributed by atoms with E-state index in [0.717, 1.165) is 38.4 Å². The Morgan fingerprint density at radius 3 is 2.32 bits per heavy atom. The molecule has 0 saturated carbocycles. The Hall–Kier alpha value is -2.17. The van der Waals surface area contributed by atoms with Crippen LogP contribution in [0.3, 0.4) is 0 Å². The maximum absolute atomic E-state index is 12.5. The lowest BCUT2D eigenvalue weighted by molar-refractivity contribution is -0.121. The number of para-hydroxylation sites is 1. The summed E-state index contributed by atoms with van der Waals surface area (Å²) in [6.07, 6.45) is 0. The van der Waals surface area contributed by atoms with E-state index in [1.807, 2.05) is 37.3 Å². The van der Waals surface area contributed by atoms with E-state index in [1.54, 1.807) is 0 Å². The first-order valence-electron chi connectivity index (χ1n) is 9.00. The van der Waals surface area contributed by atoms with Gasteiger partial charge in [-0.25, -0.2) is 0 Å². The number of carbonyl (C=O) groups is 1. The topological polar surface area (TPSA) is 35.6 Å². The van der Waals surface area contributed by atoms with Gasteiger partial charge in [0, 0.05) is 38.4 Å². The van der Waals surface area contributed by atoms with Crippen molar-refractivity contribution in [3.63, 3.8) is 0 Å². The molecule has 0 aliphatic carbocycles. The number of nitrogens with one attached hydrogen (secondary N) is 1. The van der Waals surface area contributed by atoms with E-state index in [9.17, 15) is 4.79 Å². The van der Waals surface area contributed by atoms with Crippen LogP contribution in [0.5, 0.6) is 0 Å². The number of carbonyl (C=O) groups excluding carboxylic acids is 1. The summed E-state index contributed by atoms with van der Waals surface area (Å²) in [5.74, 6) is 0.0681. The molecule has 2 aromatic carbocycles. The molecule has 2 aromatic rings. The Kier molecular flexibility index (Phi) is 5.84. The minimum absolute atomic E-state index is 0.0681. The van der Waals surface area contributed by atoms with Crippen LogP contribution >= 0.6 is 0 Å². The van der Waals surface area contributed by atoms with Crippen molar-refractivity contribution in [2.75, 3.05) is 31.5 Å². The van der Waals surface area contributed by atoms with E-state index >= 15 is 0 Å². The number of nitrogens with zero attached hydrogens (tertiary/aromatic N) is 2. The quantitative estimate of drug-likeness (QED) is 0.910. The third-order valence-electron chi connectivity index (χ3n) is 5.03. The molecule has 0 radical (unpaired) electrons. The Bertz CT molecular complexity index is 693. The number of aryl methyl sites for hydroxylation is 1. The van der Waals surface area contributed by atoms with Crippen LogP contribution in [-0.4, -0.2) is 47.9 Å². The van der Waals surface area contributed by atoms with Gasteiger partial charge in [0.1, 0.15) is 0 Å². The van der Waals surface area contributed by atoms with E-state index < -0.39 is 0 Å². The Morgan fingerprint density at radius 1 is 1.00 bits per heavy atom. The molecule has 4 heteroatoms. The predicted molar refractivity (Wildman–Crippen MR) is 103 cm³/mol. The minimum atomic E-state index is -0.110. The number of piperazine rings is 1. The molecule has 3 rings (SSSR count). The van der Waals surface area contributed by atoms with Crippen molar-refractivity contribution >= 4 is 11.6 Å². The van der Waals surface area contributed by atoms with Gasteiger partial charge in [-0.2, -0.15) is 0 Å². The number of hydrogen-bond donors (Lipinski definition) is 1. The third kappa shape index (κ3) is 4.68. The van der Waals surface area contributed by atoms with Gasteiger partial charge < -0.3 is 5.32 Å². The standard InChI is InChI=1S/C21H27N3O/c1-17-8-6-7-9-19(17)16-23-12-14-24(15-13-23)18(2)21(25)22-20-10-4-3-5-11-20/h3-11,18H,12-16H2,1-2H3,(H,22,25)/t18-/m1/s1. The van der Waals surface area contributed by atoms with Crippen LogP contribution in [0.4, 0.5) is 5.69 Å². The fraction of sp³-hybridized carbons (Fsp3) is 0.381. The summed E-state index contributed by atoms with van der Waals surface area (Å²) in [6, 6.07) is 18.1. The predicted octanol–water partition coefficient (Wildman–Crippen LogP) is 3.14. The van der Waals surface area contributed by atoms with Gasteiger partial charge in [-0.15, -0.1) is 0 Å². The number of hydrogen-bond acceptors (Lipinski definition) is 3. The first kappa shape index (κ1) is 17.6. The van der Waals surface area contributed by atoms with Crippen LogP contribution < -0.4 is 5.32 Å². The lowest BCUT2D eigenvalue weighted by Crippen LogP contribution is -2.52. The summed E-state index contributed by atoms with van der Waals surface area (Å²) in [7, 11) is 0. The molecule has 1 aliphatic rings. The van der Waals surface area contributed by atoms with E-state index in [1.165, 1.54) is 11.1 Å². The van der Waals surface area contributed by atoms with Gasteiger partial charge in [0.2, 0.25) is 5.91 Å². The zero-order valence-electron chi connectivity index (χ0n) is 15.1. The molecule has 4 nitrogen and oxygen atoms in total. The van der Waals surface area contributed by atoms with Crippen molar-refractivity contribution in [2.24, 2.45) is 0 Å². The van der Waals surface area contributed by atoms with Gasteiger partial charge in [-0.1, -0.05) is 42.5 Å². The largest absolute Gasteiger partial charge is 0.325 e. The SMILES string of the molecule is Cc1ccccc1CN1CCN([C@H](C)C(=O)Nc2ccccc2)CC1. The van der Waals surface area contributed by atoms with Crippen LogP contribution in [0, 0.1) is 6.92 Å². The summed E-state index contributed by atoms with van der Waals surface area (Å²) in [5.41, 5.74) is 3.60. The highest BCUT2D eigenvalue weighted by molar-refractivity contribution is 5.94. The second-order valence-electron chi connectivity index (χ2n) is 6.77. The lowest BCUT2D eigenvalue weighted by atomic mass is 10.1. The fourth-order valence-corrected chi connectivity index (χ4v) is 3.27. The zero-order chi connectivity index (χ0) is 17.6. The number of benzene rings is 2. The maximum Gasteiger partial charge on any atom is 0.241 e. The van der Waals surface area contributed by atoms with Crippen LogP contribution in [0.2, 0.25) is 0 Å². The first-order chi connectivity index (χ1) is 12.1. The number of anilines is 1. The van der Waals surface area contributed by atoms with Gasteiger partial charge in [0.05, 0.1) is 6.04 Å². The van der Waals surface area contributed by atoms with Crippen LogP contribution in [0.25, 0.3) is 0 Å². The molecule has 1 heterocycles. The zero-order valence-corrected chi connectivity index (χ0v) is 15.1. The van der Waals surface area contributed by atoms with Crippen molar-refractivity contribution in [3.8, 4) is 0 Å². The monoisotopic (exact) mass is 337 g/mol. The highest BCUT2D eigenvalue weighted by Gasteiger charge is 2.25. The highest BCUT2D eigenvalue weighted by Crippen LogP contribution is 2.14. The smallest absolute Gasteiger partial charge is 0.241 e. The minimum Gasteiger partial charge on any atom is -0.325 e. The Balaban J connectivity index is 1.50. The van der Waals surface area contributed by atoms with E-state index in [-0.39, 0.29) is 11.9 Å². The van der Waals surface area contributed by atoms with Crippen LogP contribution in [0.15, 0.2) is 54.6 Å². The molecular weight excluding hydrogens is 310 g/mol. The van der Waals surface area contributed by atoms with Crippen LogP contribution in [0.1, 0.15) is 18.1 Å². The van der Waals surface area contributed by atoms with Crippen molar-refractivity contribution in [1.82, 2.24) is 9.80 Å². The van der Waals surface area contributed by atoms with E-state index in [4.69, 9.17) is 0 Å². The average molecular weight is 337 g/mol. The molecule has 0 bridgehead atoms. The third-order valence-corrected chi connectivity index (χ3v) is 5.03. The van der Waals surface area contributed by atoms with E-state index in [0.29, 0.717) is 0 Å². The van der Waals surface area contributed by atoms with Crippen LogP contribution in [-0.2, 0) is 11.3 Å². The van der Waals surface area contributed by atoms with Gasteiger partial charge in [0.25, 0.3) is 0 Å². The molecule has 1 fully saturated rings. The molecule has 0 spiro atoms. The van der Waals surface area contributed by atoms with Crippen molar-refractivity contribution in [1.29, 1.82) is 0 Å². The highest BCUT2D eigenvalue weighted by atomic mass is 16.2. The van der Waals surface area contributed by atoms with Gasteiger partial charge in [-0.05, 0) is 37.1 Å².